The lowest BCUT2D eigenvalue weighted by atomic mass is 9.83. The van der Waals surface area contributed by atoms with Crippen molar-refractivity contribution in [2.75, 3.05) is 6.54 Å². The van der Waals surface area contributed by atoms with Crippen LogP contribution in [0.15, 0.2) is 54.6 Å². The van der Waals surface area contributed by atoms with Gasteiger partial charge in [0.15, 0.2) is 0 Å². The van der Waals surface area contributed by atoms with Crippen molar-refractivity contribution in [1.82, 2.24) is 10.2 Å². The molecule has 4 nitrogen and oxygen atoms in total. The van der Waals surface area contributed by atoms with E-state index in [2.05, 4.69) is 17.4 Å². The lowest BCUT2D eigenvalue weighted by molar-refractivity contribution is -0.138. The fourth-order valence-corrected chi connectivity index (χ4v) is 4.90. The lowest BCUT2D eigenvalue weighted by Crippen LogP contribution is -2.68. The van der Waals surface area contributed by atoms with Crippen LogP contribution in [0.3, 0.4) is 0 Å². The molecule has 0 radical (unpaired) electrons. The summed E-state index contributed by atoms with van der Waals surface area (Å²) in [6.45, 7) is 2.56. The van der Waals surface area contributed by atoms with Gasteiger partial charge in [0.25, 0.3) is 5.91 Å². The van der Waals surface area contributed by atoms with Crippen molar-refractivity contribution < 1.29 is 9.59 Å². The Bertz CT molecular complexity index is 902. The topological polar surface area (TPSA) is 49.4 Å². The summed E-state index contributed by atoms with van der Waals surface area (Å²) in [6, 6.07) is 18.5. The molecule has 164 valence electrons. The van der Waals surface area contributed by atoms with Crippen molar-refractivity contribution in [2.45, 2.75) is 76.3 Å². The van der Waals surface area contributed by atoms with E-state index in [4.69, 9.17) is 0 Å². The van der Waals surface area contributed by atoms with Crippen LogP contribution in [0, 0.1) is 0 Å². The first-order chi connectivity index (χ1) is 15.1. The first-order valence-corrected chi connectivity index (χ1v) is 11.8. The standard InChI is InChI=1S/C27H34N2O2/c1-27(26(31)28-23-14-7-2-3-8-15-23)19-20-29(27)25(30)24-16-10-9-13-22(24)18-17-21-11-5-4-6-12-21/h4-6,9-13,16,23H,2-3,7-8,14-15,17-20H2,1H3,(H,28,31). The molecule has 4 rings (SSSR count). The minimum atomic E-state index is -0.740. The van der Waals surface area contributed by atoms with E-state index in [1.165, 1.54) is 31.2 Å². The molecular formula is C27H34N2O2. The maximum absolute atomic E-state index is 13.5. The molecule has 2 aromatic rings. The van der Waals surface area contributed by atoms with E-state index >= 15 is 0 Å². The van der Waals surface area contributed by atoms with Gasteiger partial charge in [0.05, 0.1) is 0 Å². The van der Waals surface area contributed by atoms with Gasteiger partial charge in [0, 0.05) is 18.2 Å². The third kappa shape index (κ3) is 4.84. The van der Waals surface area contributed by atoms with E-state index < -0.39 is 5.54 Å². The van der Waals surface area contributed by atoms with Crippen LogP contribution in [0.4, 0.5) is 0 Å². The van der Waals surface area contributed by atoms with Crippen LogP contribution in [0.2, 0.25) is 0 Å². The molecular weight excluding hydrogens is 384 g/mol. The second-order valence-electron chi connectivity index (χ2n) is 9.29. The molecule has 1 aliphatic heterocycles. The van der Waals surface area contributed by atoms with Gasteiger partial charge in [-0.25, -0.2) is 0 Å². The van der Waals surface area contributed by atoms with E-state index in [0.717, 1.165) is 43.2 Å². The molecule has 4 heteroatoms. The number of amides is 2. The van der Waals surface area contributed by atoms with E-state index in [0.29, 0.717) is 6.54 Å². The van der Waals surface area contributed by atoms with Gasteiger partial charge in [-0.2, -0.15) is 0 Å². The third-order valence-electron chi connectivity index (χ3n) is 7.12. The number of likely N-dealkylation sites (tertiary alicyclic amines) is 1. The molecule has 2 aromatic carbocycles. The van der Waals surface area contributed by atoms with Gasteiger partial charge in [-0.1, -0.05) is 74.2 Å². The van der Waals surface area contributed by atoms with Crippen LogP contribution in [-0.2, 0) is 17.6 Å². The molecule has 2 amide bonds. The first kappa shape index (κ1) is 21.6. The van der Waals surface area contributed by atoms with Crippen LogP contribution >= 0.6 is 0 Å². The molecule has 2 aliphatic rings. The van der Waals surface area contributed by atoms with Crippen LogP contribution in [-0.4, -0.2) is 34.8 Å². The summed E-state index contributed by atoms with van der Waals surface area (Å²) in [4.78, 5) is 28.4. The molecule has 1 atom stereocenters. The number of carbonyl (C=O) groups excluding carboxylic acids is 2. The molecule has 1 aliphatic carbocycles. The Morgan fingerprint density at radius 2 is 1.61 bits per heavy atom. The van der Waals surface area contributed by atoms with Gasteiger partial charge in [0.1, 0.15) is 5.54 Å². The summed E-state index contributed by atoms with van der Waals surface area (Å²) in [6.07, 6.45) is 9.41. The second kappa shape index (κ2) is 9.67. The summed E-state index contributed by atoms with van der Waals surface area (Å²) in [5, 5.41) is 3.27. The van der Waals surface area contributed by atoms with Gasteiger partial charge in [-0.3, -0.25) is 9.59 Å². The average molecular weight is 419 g/mol. The highest BCUT2D eigenvalue weighted by molar-refractivity contribution is 6.01. The maximum Gasteiger partial charge on any atom is 0.255 e. The largest absolute Gasteiger partial charge is 0.351 e. The Balaban J connectivity index is 1.44. The maximum atomic E-state index is 13.5. The average Bonchev–Trinajstić information content (AvgIpc) is 3.06. The molecule has 1 N–H and O–H groups in total. The minimum Gasteiger partial charge on any atom is -0.351 e. The quantitative estimate of drug-likeness (QED) is 0.677. The van der Waals surface area contributed by atoms with Crippen molar-refractivity contribution >= 4 is 11.8 Å². The van der Waals surface area contributed by atoms with E-state index in [1.807, 2.05) is 49.4 Å². The Morgan fingerprint density at radius 1 is 0.935 bits per heavy atom. The molecule has 0 bridgehead atoms. The highest BCUT2D eigenvalue weighted by Crippen LogP contribution is 2.33. The van der Waals surface area contributed by atoms with E-state index in [1.54, 1.807) is 4.90 Å². The summed E-state index contributed by atoms with van der Waals surface area (Å²) in [5.74, 6) is -0.00538. The Labute approximate surface area is 186 Å². The predicted molar refractivity (Wildman–Crippen MR) is 124 cm³/mol. The van der Waals surface area contributed by atoms with Gasteiger partial charge in [-0.05, 0) is 56.2 Å². The monoisotopic (exact) mass is 418 g/mol. The summed E-state index contributed by atoms with van der Waals surface area (Å²) >= 11 is 0. The molecule has 1 saturated heterocycles. The number of rotatable bonds is 6. The number of nitrogens with one attached hydrogen (secondary N) is 1. The van der Waals surface area contributed by atoms with Crippen LogP contribution in [0.25, 0.3) is 0 Å². The van der Waals surface area contributed by atoms with Gasteiger partial charge >= 0.3 is 0 Å². The highest BCUT2D eigenvalue weighted by Gasteiger charge is 2.50. The molecule has 2 fully saturated rings. The zero-order valence-corrected chi connectivity index (χ0v) is 18.6. The fourth-order valence-electron chi connectivity index (χ4n) is 4.90. The molecule has 1 saturated carbocycles. The first-order valence-electron chi connectivity index (χ1n) is 11.8. The minimum absolute atomic E-state index is 0.0146. The zero-order valence-electron chi connectivity index (χ0n) is 18.6. The molecule has 0 aromatic heterocycles. The Kier molecular flexibility index (Phi) is 6.74. The fraction of sp³-hybridized carbons (Fsp3) is 0.481. The second-order valence-corrected chi connectivity index (χ2v) is 9.29. The van der Waals surface area contributed by atoms with E-state index in [9.17, 15) is 9.59 Å². The number of benzene rings is 2. The van der Waals surface area contributed by atoms with Crippen molar-refractivity contribution in [2.24, 2.45) is 0 Å². The highest BCUT2D eigenvalue weighted by atomic mass is 16.2. The molecule has 0 spiro atoms. The Hall–Kier alpha value is -2.62. The van der Waals surface area contributed by atoms with E-state index in [-0.39, 0.29) is 17.9 Å². The van der Waals surface area contributed by atoms with Crippen LogP contribution < -0.4 is 5.32 Å². The number of hydrogen-bond donors (Lipinski definition) is 1. The number of hydrogen-bond acceptors (Lipinski definition) is 2. The van der Waals surface area contributed by atoms with Crippen LogP contribution in [0.5, 0.6) is 0 Å². The predicted octanol–water partition coefficient (Wildman–Crippen LogP) is 4.92. The van der Waals surface area contributed by atoms with Crippen molar-refractivity contribution in [3.63, 3.8) is 0 Å². The summed E-state index contributed by atoms with van der Waals surface area (Å²) in [5.41, 5.74) is 2.30. The van der Waals surface area contributed by atoms with Crippen molar-refractivity contribution in [1.29, 1.82) is 0 Å². The van der Waals surface area contributed by atoms with Gasteiger partial charge in [0.2, 0.25) is 5.91 Å². The molecule has 1 heterocycles. The number of carbonyl (C=O) groups is 2. The van der Waals surface area contributed by atoms with Crippen LogP contribution in [0.1, 0.15) is 73.4 Å². The molecule has 1 unspecified atom stereocenters. The van der Waals surface area contributed by atoms with Gasteiger partial charge < -0.3 is 10.2 Å². The summed E-state index contributed by atoms with van der Waals surface area (Å²) in [7, 11) is 0. The van der Waals surface area contributed by atoms with Crippen molar-refractivity contribution in [3.8, 4) is 0 Å². The normalized spacial score (nSPS) is 21.8. The number of aryl methyl sites for hydroxylation is 2. The van der Waals surface area contributed by atoms with Gasteiger partial charge in [-0.15, -0.1) is 0 Å². The summed E-state index contributed by atoms with van der Waals surface area (Å²) < 4.78 is 0. The Morgan fingerprint density at radius 3 is 2.29 bits per heavy atom. The SMILES string of the molecule is CC1(C(=O)NC2CCCCCC2)CCN1C(=O)c1ccccc1CCc1ccccc1. The zero-order chi connectivity index (χ0) is 21.7. The lowest BCUT2D eigenvalue weighted by Gasteiger charge is -2.49. The smallest absolute Gasteiger partial charge is 0.255 e. The third-order valence-corrected chi connectivity index (χ3v) is 7.12. The number of nitrogens with zero attached hydrogens (tertiary/aromatic N) is 1. The van der Waals surface area contributed by atoms with Crippen molar-refractivity contribution in [3.05, 3.63) is 71.3 Å². The molecule has 31 heavy (non-hydrogen) atoms.